The Morgan fingerprint density at radius 2 is 1.22 bits per heavy atom. The van der Waals surface area contributed by atoms with Crippen LogP contribution < -0.4 is 32.9 Å². The molecule has 1 aliphatic carbocycles. The van der Waals surface area contributed by atoms with E-state index in [1.807, 2.05) is 19.9 Å². The molecule has 36 heavy (non-hydrogen) atoms. The van der Waals surface area contributed by atoms with E-state index in [9.17, 15) is 4.79 Å². The van der Waals surface area contributed by atoms with Gasteiger partial charge in [0.2, 0.25) is 0 Å². The van der Waals surface area contributed by atoms with Gasteiger partial charge in [-0.25, -0.2) is 0 Å². The van der Waals surface area contributed by atoms with Crippen molar-refractivity contribution in [2.75, 3.05) is 6.16 Å². The summed E-state index contributed by atoms with van der Waals surface area (Å²) in [6, 6.07) is 32.9. The van der Waals surface area contributed by atoms with E-state index in [-0.39, 0.29) is 22.8 Å². The van der Waals surface area contributed by atoms with Gasteiger partial charge in [0, 0.05) is 0 Å². The molecule has 0 saturated carbocycles. The van der Waals surface area contributed by atoms with Gasteiger partial charge in [-0.2, -0.15) is 0 Å². The van der Waals surface area contributed by atoms with Crippen molar-refractivity contribution >= 4 is 29.0 Å². The molecule has 0 aromatic heterocycles. The molecule has 0 heterocycles. The van der Waals surface area contributed by atoms with Gasteiger partial charge in [0.1, 0.15) is 23.2 Å². The van der Waals surface area contributed by atoms with Crippen molar-refractivity contribution in [1.29, 1.82) is 0 Å². The number of ketones is 1. The highest BCUT2D eigenvalue weighted by Crippen LogP contribution is 2.55. The fraction of sp³-hybridized carbons (Fsp3) is 0.182. The zero-order chi connectivity index (χ0) is 24.9. The average Bonchev–Trinajstić information content (AvgIpc) is 2.88. The van der Waals surface area contributed by atoms with E-state index in [1.54, 1.807) is 6.08 Å². The van der Waals surface area contributed by atoms with Crippen LogP contribution in [0.25, 0.3) is 0 Å². The second kappa shape index (κ2) is 12.0. The molecule has 0 fully saturated rings. The number of hydrogen-bond acceptors (Lipinski definition) is 1. The van der Waals surface area contributed by atoms with Crippen molar-refractivity contribution in [3.05, 3.63) is 138 Å². The molecule has 0 saturated heterocycles. The second-order valence-electron chi connectivity index (χ2n) is 9.70. The molecule has 0 unspecified atom stereocenters. The van der Waals surface area contributed by atoms with Gasteiger partial charge in [-0.15, -0.1) is 0 Å². The molecule has 0 spiro atoms. The summed E-state index contributed by atoms with van der Waals surface area (Å²) in [4.78, 5) is 12.5. The summed E-state index contributed by atoms with van der Waals surface area (Å²) in [6.07, 6.45) is 11.2. The first-order chi connectivity index (χ1) is 16.9. The predicted molar refractivity (Wildman–Crippen MR) is 154 cm³/mol. The maximum atomic E-state index is 12.5. The molecule has 0 radical (unpaired) electrons. The Labute approximate surface area is 227 Å². The highest BCUT2D eigenvalue weighted by molar-refractivity contribution is 7.95. The van der Waals surface area contributed by atoms with Crippen LogP contribution in [-0.4, -0.2) is 11.9 Å². The van der Waals surface area contributed by atoms with E-state index in [0.29, 0.717) is 0 Å². The maximum absolute atomic E-state index is 12.5. The van der Waals surface area contributed by atoms with Gasteiger partial charge in [0.15, 0.2) is 5.78 Å². The second-order valence-corrected chi connectivity index (χ2v) is 13.2. The highest BCUT2D eigenvalue weighted by atomic mass is 79.9. The van der Waals surface area contributed by atoms with Crippen molar-refractivity contribution in [1.82, 2.24) is 0 Å². The molecule has 0 atom stereocenters. The lowest BCUT2D eigenvalue weighted by molar-refractivity contribution is -0.120. The maximum Gasteiger partial charge on any atom is 0.165 e. The van der Waals surface area contributed by atoms with E-state index in [1.165, 1.54) is 21.5 Å². The lowest BCUT2D eigenvalue weighted by Crippen LogP contribution is -3.00. The van der Waals surface area contributed by atoms with E-state index in [4.69, 9.17) is 0 Å². The quantitative estimate of drug-likeness (QED) is 0.318. The zero-order valence-electron chi connectivity index (χ0n) is 21.5. The van der Waals surface area contributed by atoms with Gasteiger partial charge >= 0.3 is 0 Å². The topological polar surface area (TPSA) is 17.1 Å². The lowest BCUT2D eigenvalue weighted by atomic mass is 9.74. The molecule has 1 nitrogen and oxygen atoms in total. The minimum Gasteiger partial charge on any atom is -1.00 e. The van der Waals surface area contributed by atoms with Crippen molar-refractivity contribution in [2.45, 2.75) is 27.7 Å². The normalized spacial score (nSPS) is 15.8. The van der Waals surface area contributed by atoms with Crippen LogP contribution in [0.4, 0.5) is 0 Å². The summed E-state index contributed by atoms with van der Waals surface area (Å²) in [7, 11) is -1.90. The number of benzene rings is 3. The molecule has 3 aromatic carbocycles. The Kier molecular flexibility index (Phi) is 9.23. The van der Waals surface area contributed by atoms with Crippen LogP contribution in [0, 0.1) is 5.41 Å². The first kappa shape index (κ1) is 27.8. The fourth-order valence-corrected chi connectivity index (χ4v) is 8.97. The standard InChI is InChI=1S/C33H34OP.BrH/c1-26(20-22-31-27(2)21-23-32(34)33(31,3)4)24-25-35(28-14-8-5-9-15-28,29-16-10-6-11-17-29)30-18-12-7-13-19-30;/h5-24H,25H2,1-4H3;1H/q+1;/p-1/b22-20+,26-24+;. The van der Waals surface area contributed by atoms with Gasteiger partial charge in [0.25, 0.3) is 0 Å². The number of allylic oxidation sites excluding steroid dienone is 8. The number of hydrogen-bond donors (Lipinski definition) is 0. The number of carbonyl (C=O) groups excluding carboxylic acids is 1. The SMILES string of the molecule is CC1=C(/C=C/C(C)=C/C[P+](c2ccccc2)(c2ccccc2)c2ccccc2)C(C)(C)C(=O)C=C1.[Br-]. The van der Waals surface area contributed by atoms with Crippen molar-refractivity contribution in [3.63, 3.8) is 0 Å². The summed E-state index contributed by atoms with van der Waals surface area (Å²) in [5.41, 5.74) is 2.95. The van der Waals surface area contributed by atoms with Gasteiger partial charge in [-0.1, -0.05) is 78.4 Å². The molecule has 1 aliphatic rings. The molecular weight excluding hydrogens is 523 g/mol. The van der Waals surface area contributed by atoms with E-state index in [0.717, 1.165) is 17.3 Å². The van der Waals surface area contributed by atoms with Gasteiger partial charge in [-0.05, 0) is 87.4 Å². The Hall–Kier alpha value is -2.80. The first-order valence-electron chi connectivity index (χ1n) is 12.2. The Balaban J connectivity index is 0.00000361. The predicted octanol–water partition coefficient (Wildman–Crippen LogP) is 3.97. The van der Waals surface area contributed by atoms with Crippen molar-refractivity contribution in [2.24, 2.45) is 5.41 Å². The van der Waals surface area contributed by atoms with Crippen molar-refractivity contribution < 1.29 is 21.8 Å². The van der Waals surface area contributed by atoms with Crippen LogP contribution >= 0.6 is 7.26 Å². The number of rotatable bonds is 7. The fourth-order valence-electron chi connectivity index (χ4n) is 4.84. The third-order valence-corrected chi connectivity index (χ3v) is 11.3. The summed E-state index contributed by atoms with van der Waals surface area (Å²) < 4.78 is 0. The zero-order valence-corrected chi connectivity index (χ0v) is 24.0. The largest absolute Gasteiger partial charge is 1.00 e. The molecule has 3 heteroatoms. The minimum absolute atomic E-state index is 0. The third kappa shape index (κ3) is 5.61. The van der Waals surface area contributed by atoms with Crippen LogP contribution in [0.15, 0.2) is 138 Å². The van der Waals surface area contributed by atoms with Crippen LogP contribution in [0.1, 0.15) is 27.7 Å². The summed E-state index contributed by atoms with van der Waals surface area (Å²) in [5.74, 6) is 0.159. The van der Waals surface area contributed by atoms with Crippen LogP contribution in [0.3, 0.4) is 0 Å². The Morgan fingerprint density at radius 1 is 0.778 bits per heavy atom. The minimum atomic E-state index is -1.90. The molecular formula is C33H34BrOP. The molecule has 0 aliphatic heterocycles. The highest BCUT2D eigenvalue weighted by Gasteiger charge is 2.44. The summed E-state index contributed by atoms with van der Waals surface area (Å²) in [6.45, 7) is 8.27. The van der Waals surface area contributed by atoms with Gasteiger partial charge in [-0.3, -0.25) is 4.79 Å². The van der Waals surface area contributed by atoms with Gasteiger partial charge < -0.3 is 17.0 Å². The van der Waals surface area contributed by atoms with E-state index >= 15 is 0 Å². The van der Waals surface area contributed by atoms with Crippen LogP contribution in [0.2, 0.25) is 0 Å². The summed E-state index contributed by atoms with van der Waals surface area (Å²) >= 11 is 0. The average molecular weight is 558 g/mol. The monoisotopic (exact) mass is 556 g/mol. The van der Waals surface area contributed by atoms with Crippen LogP contribution in [-0.2, 0) is 4.79 Å². The third-order valence-electron chi connectivity index (χ3n) is 6.99. The molecule has 0 bridgehead atoms. The molecule has 4 rings (SSSR count). The molecule has 3 aromatic rings. The summed E-state index contributed by atoms with van der Waals surface area (Å²) in [5, 5.41) is 4.15. The Bertz CT molecular complexity index is 1200. The van der Waals surface area contributed by atoms with E-state index in [2.05, 4.69) is 123 Å². The van der Waals surface area contributed by atoms with Gasteiger partial charge in [0.05, 0.1) is 11.6 Å². The molecule has 0 N–H and O–H groups in total. The smallest absolute Gasteiger partial charge is 0.165 e. The first-order valence-corrected chi connectivity index (χ1v) is 14.2. The number of carbonyl (C=O) groups is 1. The Morgan fingerprint density at radius 3 is 1.67 bits per heavy atom. The van der Waals surface area contributed by atoms with Crippen LogP contribution in [0.5, 0.6) is 0 Å². The number of halogens is 1. The molecule has 184 valence electrons. The van der Waals surface area contributed by atoms with E-state index < -0.39 is 12.7 Å². The molecule has 0 amide bonds. The van der Waals surface area contributed by atoms with Crippen molar-refractivity contribution in [3.8, 4) is 0 Å². The lowest BCUT2D eigenvalue weighted by Gasteiger charge is -2.28.